The zero-order chi connectivity index (χ0) is 52.9. The van der Waals surface area contributed by atoms with Crippen molar-refractivity contribution in [3.8, 4) is 11.1 Å². The van der Waals surface area contributed by atoms with Crippen LogP contribution in [0, 0.1) is 18.6 Å². The quantitative estimate of drug-likeness (QED) is 0.0940. The number of carbonyl (C=O) groups is 1. The van der Waals surface area contributed by atoms with E-state index < -0.39 is 154 Å². The topological polar surface area (TPSA) is 54.8 Å². The summed E-state index contributed by atoms with van der Waals surface area (Å²) in [4.78, 5) is 28.8. The van der Waals surface area contributed by atoms with Crippen LogP contribution in [0.15, 0.2) is 101 Å². The predicted molar refractivity (Wildman–Crippen MR) is 198 cm³/mol. The van der Waals surface area contributed by atoms with Crippen LogP contribution in [-0.2, 0) is 34.5 Å². The molecule has 1 aliphatic heterocycles. The average molecular weight is 767 g/mol. The summed E-state index contributed by atoms with van der Waals surface area (Å²) in [5.74, 6) is -5.75. The summed E-state index contributed by atoms with van der Waals surface area (Å²) in [7, 11) is 0.915. The van der Waals surface area contributed by atoms with Gasteiger partial charge in [-0.1, -0.05) is 54.6 Å². The van der Waals surface area contributed by atoms with Crippen molar-refractivity contribution in [1.82, 2.24) is 14.4 Å². The number of pyridine rings is 1. The van der Waals surface area contributed by atoms with Crippen LogP contribution in [-0.4, -0.2) is 59.5 Å². The molecule has 2 heterocycles. The van der Waals surface area contributed by atoms with Crippen molar-refractivity contribution in [3.63, 3.8) is 0 Å². The number of ether oxygens (including phenoxy) is 1. The van der Waals surface area contributed by atoms with Gasteiger partial charge in [0.25, 0.3) is 0 Å². The highest BCUT2D eigenvalue weighted by Gasteiger charge is 2.31. The number of hydrogen-bond acceptors (Lipinski definition) is 5. The fourth-order valence-electron chi connectivity index (χ4n) is 5.01. The lowest BCUT2D eigenvalue weighted by Crippen LogP contribution is -2.48. The van der Waals surface area contributed by atoms with E-state index in [-0.39, 0.29) is 37.9 Å². The third kappa shape index (κ3) is 9.17. The first-order valence-corrected chi connectivity index (χ1v) is 16.6. The fraction of sp³-hybridized carbons (Fsp3) is 0.317. The molecule has 1 fully saturated rings. The molecule has 12 heteroatoms. The molecule has 0 aliphatic carbocycles. The second kappa shape index (κ2) is 16.7. The minimum atomic E-state index is -4.68. The van der Waals surface area contributed by atoms with E-state index in [0.717, 1.165) is 68.6 Å². The molecule has 1 aliphatic rings. The number of amides is 1. The van der Waals surface area contributed by atoms with Crippen LogP contribution in [0.1, 0.15) is 58.3 Å². The van der Waals surface area contributed by atoms with Gasteiger partial charge in [0, 0.05) is 75.6 Å². The van der Waals surface area contributed by atoms with Gasteiger partial charge in [-0.05, 0) is 72.2 Å². The molecule has 1 aromatic heterocycles. The maximum absolute atomic E-state index is 15.6. The van der Waals surface area contributed by atoms with Crippen LogP contribution in [0.3, 0.4) is 0 Å². The number of hydrogen-bond donors (Lipinski definition) is 0. The van der Waals surface area contributed by atoms with Crippen LogP contribution in [0.2, 0.25) is 0 Å². The molecule has 5 aromatic rings. The number of fused-ring (bicyclic) bond motifs is 1. The van der Waals surface area contributed by atoms with Gasteiger partial charge in [-0.3, -0.25) is 9.59 Å². The Morgan fingerprint density at radius 2 is 1.72 bits per heavy atom. The van der Waals surface area contributed by atoms with E-state index in [0.29, 0.717) is 0 Å². The number of benzene rings is 4. The normalized spacial score (nSPS) is 23.8. The smallest absolute Gasteiger partial charge is 0.383 e. The van der Waals surface area contributed by atoms with Gasteiger partial charge in [0.15, 0.2) is 17.1 Å². The molecule has 0 bridgehead atoms. The zero-order valence-corrected chi connectivity index (χ0v) is 28.7. The minimum absolute atomic E-state index is 0.175. The summed E-state index contributed by atoms with van der Waals surface area (Å²) < 4.78 is 228. The number of nitrogens with zero attached hydrogens (tertiary/aromatic N) is 3. The number of halogens is 5. The predicted octanol–water partition coefficient (Wildman–Crippen LogP) is 8.71. The highest BCUT2D eigenvalue weighted by molar-refractivity contribution is 7.98. The number of alkyl halides is 3. The van der Waals surface area contributed by atoms with Crippen LogP contribution in [0.25, 0.3) is 22.0 Å². The lowest BCUT2D eigenvalue weighted by Gasteiger charge is -2.39. The lowest BCUT2D eigenvalue weighted by molar-refractivity contribution is -0.137. The van der Waals surface area contributed by atoms with E-state index in [1.807, 2.05) is 0 Å². The van der Waals surface area contributed by atoms with Gasteiger partial charge in [0.2, 0.25) is 5.91 Å². The van der Waals surface area contributed by atoms with Gasteiger partial charge in [-0.25, -0.2) is 8.78 Å². The first-order valence-electron chi connectivity index (χ1n) is 24.1. The van der Waals surface area contributed by atoms with Crippen LogP contribution in [0.4, 0.5) is 22.0 Å². The molecule has 278 valence electrons. The van der Waals surface area contributed by atoms with E-state index in [2.05, 4.69) is 0 Å². The summed E-state index contributed by atoms with van der Waals surface area (Å²) in [6, 6.07) is 3.27. The largest absolute Gasteiger partial charge is 0.416 e. The summed E-state index contributed by atoms with van der Waals surface area (Å²) in [6.07, 6.45) is -13.4. The van der Waals surface area contributed by atoms with E-state index in [9.17, 15) is 32.0 Å². The number of thioether (sulfide) groups is 1. The number of likely N-dealkylation sites (tertiary alicyclic amines) is 1. The van der Waals surface area contributed by atoms with Crippen molar-refractivity contribution < 1.29 is 54.8 Å². The Morgan fingerprint density at radius 1 is 1.04 bits per heavy atom. The third-order valence-corrected chi connectivity index (χ3v) is 8.70. The zero-order valence-electron chi connectivity index (χ0n) is 44.8. The van der Waals surface area contributed by atoms with E-state index in [1.54, 1.807) is 0 Å². The molecule has 1 amide bonds. The number of rotatable bonds is 12. The number of methoxy groups -OCH3 is 1. The maximum Gasteiger partial charge on any atom is 0.416 e. The highest BCUT2D eigenvalue weighted by atomic mass is 32.2. The second-order valence-electron chi connectivity index (χ2n) is 11.3. The molecule has 6 rings (SSSR count). The Morgan fingerprint density at radius 3 is 2.38 bits per heavy atom. The van der Waals surface area contributed by atoms with Gasteiger partial charge in [0.05, 0.1) is 32.3 Å². The Hall–Kier alpha value is -4.52. The molecule has 0 atom stereocenters. The van der Waals surface area contributed by atoms with Crippen molar-refractivity contribution in [2.75, 3.05) is 33.2 Å². The van der Waals surface area contributed by atoms with E-state index in [1.165, 1.54) is 12.1 Å². The first kappa shape index (κ1) is 22.0. The lowest BCUT2D eigenvalue weighted by atomic mass is 10.00. The summed E-state index contributed by atoms with van der Waals surface area (Å²) in [5, 5.41) is -1.93. The number of aromatic nitrogens is 1. The second-order valence-corrected chi connectivity index (χ2v) is 12.3. The molecular weight excluding hydrogens is 710 g/mol. The molecule has 0 spiro atoms. The molecular formula is C41H40F5N3O3S. The minimum Gasteiger partial charge on any atom is -0.383 e. The van der Waals surface area contributed by atoms with Gasteiger partial charge in [-0.2, -0.15) is 13.2 Å². The van der Waals surface area contributed by atoms with Gasteiger partial charge >= 0.3 is 6.18 Å². The Labute approximate surface area is 333 Å². The number of carbonyl (C=O) groups excluding carboxylic acids is 1. The third-order valence-electron chi connectivity index (χ3n) is 7.69. The summed E-state index contributed by atoms with van der Waals surface area (Å²) in [6.45, 7) is -17.3. The van der Waals surface area contributed by atoms with Crippen molar-refractivity contribution in [2.45, 2.75) is 55.7 Å². The molecule has 6 nitrogen and oxygen atoms in total. The molecule has 1 saturated heterocycles. The Bertz CT molecular complexity index is 2910. The van der Waals surface area contributed by atoms with Crippen LogP contribution in [0.5, 0.6) is 0 Å². The Balaban J connectivity index is 1.66. The fourth-order valence-corrected chi connectivity index (χ4v) is 5.96. The van der Waals surface area contributed by atoms with Crippen LogP contribution < -0.4 is 5.43 Å². The van der Waals surface area contributed by atoms with Gasteiger partial charge in [0.1, 0.15) is 6.50 Å². The Kier molecular flexibility index (Phi) is 6.91. The molecule has 0 saturated carbocycles. The van der Waals surface area contributed by atoms with Crippen molar-refractivity contribution >= 4 is 28.6 Å². The average Bonchev–Trinajstić information content (AvgIpc) is 3.26. The standard InChI is InChI=1S/C41H40F5N3O3S/c1-27-6-15-34-36(22-27)49(39(23-37(34)50)53-26-31-4-3-5-35(42)40(31)43)25-38(51)48(33-16-18-47(19-17-33)20-21-52-2)24-28-7-9-29(10-8-28)30-11-13-32(14-12-30)41(44,45)46/h3-15,22-23,33H,16-21,24-26H2,1-2H3/i6D,15D,16D2,17D2,18D2,19D2,20D2,22D,23D,25D2,33D. The monoisotopic (exact) mass is 766 g/mol. The van der Waals surface area contributed by atoms with Crippen molar-refractivity contribution in [1.29, 1.82) is 0 Å². The summed E-state index contributed by atoms with van der Waals surface area (Å²) >= 11 is 0.235. The molecule has 0 unspecified atom stereocenters. The summed E-state index contributed by atoms with van der Waals surface area (Å²) in [5.41, 5.74) is -4.03. The van der Waals surface area contributed by atoms with Crippen molar-refractivity contribution in [3.05, 3.63) is 135 Å². The van der Waals surface area contributed by atoms with Crippen LogP contribution >= 0.6 is 11.8 Å². The number of piperidine rings is 1. The molecule has 4 aromatic carbocycles. The van der Waals surface area contributed by atoms with Crippen molar-refractivity contribution in [2.24, 2.45) is 0 Å². The first-order chi connectivity index (χ1) is 32.0. The SMILES string of the molecule is [2H]c1c(C)c([2H])c2c(c1[2H])c(=O)c([2H])c(SCc1cccc(F)c1F)n2C([2H])([2H])C(=O)N(Cc1ccc(-c2ccc(C(F)(F)F)cc2)cc1)C1([2H])C([2H])([2H])C([2H])([2H])N(C([2H])([2H])COC)C([2H])([2H])C1([2H])[2H]. The van der Waals surface area contributed by atoms with E-state index in [4.69, 9.17) is 18.4 Å². The maximum atomic E-state index is 15.6. The van der Waals surface area contributed by atoms with E-state index >= 15 is 9.18 Å². The van der Waals surface area contributed by atoms with Gasteiger partial charge < -0.3 is 19.1 Å². The molecule has 53 heavy (non-hydrogen) atoms. The van der Waals surface area contributed by atoms with Gasteiger partial charge in [-0.15, -0.1) is 11.8 Å². The highest BCUT2D eigenvalue weighted by Crippen LogP contribution is 2.32. The molecule has 0 radical (unpaired) electrons. The molecule has 0 N–H and O–H groups in total.